The van der Waals surface area contributed by atoms with Crippen molar-refractivity contribution in [3.63, 3.8) is 0 Å². The SMILES string of the molecule is CCc1cccc(NC(=O)CN2C(=O)[C@H]3CCCC[C@@H]3C2=O)c1. The van der Waals surface area contributed by atoms with Crippen LogP contribution in [0.15, 0.2) is 24.3 Å². The van der Waals surface area contributed by atoms with Crippen molar-refractivity contribution in [1.82, 2.24) is 4.90 Å². The van der Waals surface area contributed by atoms with Gasteiger partial charge < -0.3 is 5.32 Å². The molecule has 2 atom stereocenters. The maximum absolute atomic E-state index is 12.4. The lowest BCUT2D eigenvalue weighted by Crippen LogP contribution is -2.38. The zero-order valence-corrected chi connectivity index (χ0v) is 13.4. The van der Waals surface area contributed by atoms with Gasteiger partial charge in [0.15, 0.2) is 0 Å². The number of rotatable bonds is 4. The second-order valence-electron chi connectivity index (χ2n) is 6.36. The molecule has 3 amide bonds. The Labute approximate surface area is 136 Å². The van der Waals surface area contributed by atoms with Crippen LogP contribution < -0.4 is 5.32 Å². The largest absolute Gasteiger partial charge is 0.325 e. The highest BCUT2D eigenvalue weighted by atomic mass is 16.2. The lowest BCUT2D eigenvalue weighted by molar-refractivity contribution is -0.142. The summed E-state index contributed by atoms with van der Waals surface area (Å²) in [5.74, 6) is -1.06. The van der Waals surface area contributed by atoms with E-state index in [9.17, 15) is 14.4 Å². The first-order chi connectivity index (χ1) is 11.1. The van der Waals surface area contributed by atoms with Crippen LogP contribution in [0.4, 0.5) is 5.69 Å². The van der Waals surface area contributed by atoms with E-state index in [4.69, 9.17) is 0 Å². The van der Waals surface area contributed by atoms with Crippen LogP contribution in [0.25, 0.3) is 0 Å². The summed E-state index contributed by atoms with van der Waals surface area (Å²) in [7, 11) is 0. The summed E-state index contributed by atoms with van der Waals surface area (Å²) in [6.45, 7) is 1.87. The molecule has 0 spiro atoms. The molecule has 1 saturated carbocycles. The molecule has 1 aromatic rings. The van der Waals surface area contributed by atoms with E-state index in [1.54, 1.807) is 0 Å². The number of aryl methyl sites for hydroxylation is 1. The van der Waals surface area contributed by atoms with Gasteiger partial charge in [0.05, 0.1) is 11.8 Å². The summed E-state index contributed by atoms with van der Waals surface area (Å²) < 4.78 is 0. The summed E-state index contributed by atoms with van der Waals surface area (Å²) in [5, 5.41) is 2.78. The Hall–Kier alpha value is -2.17. The molecule has 5 heteroatoms. The number of imide groups is 1. The summed E-state index contributed by atoms with van der Waals surface area (Å²) in [6, 6.07) is 7.60. The van der Waals surface area contributed by atoms with Crippen LogP contribution in [-0.4, -0.2) is 29.2 Å². The van der Waals surface area contributed by atoms with Crippen molar-refractivity contribution in [2.75, 3.05) is 11.9 Å². The Morgan fingerprint density at radius 3 is 2.43 bits per heavy atom. The fourth-order valence-corrected chi connectivity index (χ4v) is 3.60. The first-order valence-corrected chi connectivity index (χ1v) is 8.34. The molecule has 0 radical (unpaired) electrons. The Kier molecular flexibility index (Phi) is 4.46. The average Bonchev–Trinajstić information content (AvgIpc) is 2.80. The Morgan fingerprint density at radius 1 is 1.17 bits per heavy atom. The molecular weight excluding hydrogens is 292 g/mol. The topological polar surface area (TPSA) is 66.5 Å². The number of carbonyl (C=O) groups excluding carboxylic acids is 3. The fourth-order valence-electron chi connectivity index (χ4n) is 3.60. The van der Waals surface area contributed by atoms with E-state index < -0.39 is 0 Å². The third-order valence-electron chi connectivity index (χ3n) is 4.85. The molecule has 0 bridgehead atoms. The molecule has 23 heavy (non-hydrogen) atoms. The molecule has 1 saturated heterocycles. The second kappa shape index (κ2) is 6.52. The molecule has 0 aromatic heterocycles. The van der Waals surface area contributed by atoms with E-state index in [2.05, 4.69) is 5.32 Å². The van der Waals surface area contributed by atoms with E-state index >= 15 is 0 Å². The molecule has 5 nitrogen and oxygen atoms in total. The number of carbonyl (C=O) groups is 3. The molecule has 3 rings (SSSR count). The van der Waals surface area contributed by atoms with E-state index in [1.807, 2.05) is 31.2 Å². The Morgan fingerprint density at radius 2 is 1.83 bits per heavy atom. The zero-order chi connectivity index (χ0) is 16.4. The van der Waals surface area contributed by atoms with Crippen molar-refractivity contribution in [2.24, 2.45) is 11.8 Å². The average molecular weight is 314 g/mol. The van der Waals surface area contributed by atoms with E-state index in [0.29, 0.717) is 5.69 Å². The van der Waals surface area contributed by atoms with Gasteiger partial charge >= 0.3 is 0 Å². The third-order valence-corrected chi connectivity index (χ3v) is 4.85. The minimum atomic E-state index is -0.321. The van der Waals surface area contributed by atoms with Gasteiger partial charge in [-0.2, -0.15) is 0 Å². The lowest BCUT2D eigenvalue weighted by Gasteiger charge is -2.19. The van der Waals surface area contributed by atoms with Crippen LogP contribution in [0, 0.1) is 11.8 Å². The normalized spacial score (nSPS) is 23.8. The number of amides is 3. The zero-order valence-electron chi connectivity index (χ0n) is 13.4. The number of nitrogens with one attached hydrogen (secondary N) is 1. The van der Waals surface area contributed by atoms with Gasteiger partial charge in [-0.3, -0.25) is 19.3 Å². The molecule has 2 aliphatic rings. The Balaban J connectivity index is 1.65. The van der Waals surface area contributed by atoms with Gasteiger partial charge in [0.1, 0.15) is 6.54 Å². The summed E-state index contributed by atoms with van der Waals surface area (Å²) >= 11 is 0. The molecule has 1 aliphatic carbocycles. The van der Waals surface area contributed by atoms with Gasteiger partial charge in [-0.05, 0) is 37.0 Å². The van der Waals surface area contributed by atoms with Crippen LogP contribution in [0.3, 0.4) is 0 Å². The number of hydrogen-bond acceptors (Lipinski definition) is 3. The molecular formula is C18H22N2O3. The second-order valence-corrected chi connectivity index (χ2v) is 6.36. The third kappa shape index (κ3) is 3.14. The van der Waals surface area contributed by atoms with Crippen molar-refractivity contribution in [1.29, 1.82) is 0 Å². The van der Waals surface area contributed by atoms with Crippen molar-refractivity contribution in [3.8, 4) is 0 Å². The van der Waals surface area contributed by atoms with Crippen molar-refractivity contribution in [2.45, 2.75) is 39.0 Å². The predicted octanol–water partition coefficient (Wildman–Crippen LogP) is 2.36. The smallest absolute Gasteiger partial charge is 0.244 e. The molecule has 1 aromatic carbocycles. The minimum absolute atomic E-state index is 0.169. The maximum atomic E-state index is 12.4. The predicted molar refractivity (Wildman–Crippen MR) is 86.6 cm³/mol. The highest BCUT2D eigenvalue weighted by Crippen LogP contribution is 2.37. The van der Waals surface area contributed by atoms with Crippen LogP contribution >= 0.6 is 0 Å². The highest BCUT2D eigenvalue weighted by Gasteiger charge is 2.48. The number of hydrogen-bond donors (Lipinski definition) is 1. The molecule has 0 unspecified atom stereocenters. The van der Waals surface area contributed by atoms with E-state index in [0.717, 1.165) is 42.6 Å². The highest BCUT2D eigenvalue weighted by molar-refractivity contribution is 6.08. The van der Waals surface area contributed by atoms with Crippen LogP contribution in [-0.2, 0) is 20.8 Å². The Bertz CT molecular complexity index is 617. The molecule has 122 valence electrons. The van der Waals surface area contributed by atoms with Crippen molar-refractivity contribution < 1.29 is 14.4 Å². The fraction of sp³-hybridized carbons (Fsp3) is 0.500. The van der Waals surface area contributed by atoms with Gasteiger partial charge in [0.25, 0.3) is 0 Å². The van der Waals surface area contributed by atoms with Crippen molar-refractivity contribution >= 4 is 23.4 Å². The lowest BCUT2D eigenvalue weighted by atomic mass is 9.81. The first-order valence-electron chi connectivity index (χ1n) is 8.34. The van der Waals surface area contributed by atoms with Crippen molar-refractivity contribution in [3.05, 3.63) is 29.8 Å². The summed E-state index contributed by atoms with van der Waals surface area (Å²) in [5.41, 5.74) is 1.83. The van der Waals surface area contributed by atoms with E-state index in [-0.39, 0.29) is 36.1 Å². The monoisotopic (exact) mass is 314 g/mol. The number of fused-ring (bicyclic) bond motifs is 1. The number of nitrogens with zero attached hydrogens (tertiary/aromatic N) is 1. The van der Waals surface area contributed by atoms with Gasteiger partial charge in [-0.1, -0.05) is 31.9 Å². The summed E-state index contributed by atoms with van der Waals surface area (Å²) in [4.78, 5) is 38.1. The molecule has 1 heterocycles. The standard InChI is InChI=1S/C18H22N2O3/c1-2-12-6-5-7-13(10-12)19-16(21)11-20-17(22)14-8-3-4-9-15(14)18(20)23/h5-7,10,14-15H,2-4,8-9,11H2,1H3,(H,19,21)/t14-,15-/m0/s1. The summed E-state index contributed by atoms with van der Waals surface area (Å²) in [6.07, 6.45) is 4.40. The molecule has 2 fully saturated rings. The minimum Gasteiger partial charge on any atom is -0.325 e. The van der Waals surface area contributed by atoms with Gasteiger partial charge in [0.2, 0.25) is 17.7 Å². The van der Waals surface area contributed by atoms with Crippen LogP contribution in [0.1, 0.15) is 38.2 Å². The first kappa shape index (κ1) is 15.7. The number of likely N-dealkylation sites (tertiary alicyclic amines) is 1. The molecule has 1 N–H and O–H groups in total. The number of anilines is 1. The van der Waals surface area contributed by atoms with E-state index in [1.165, 1.54) is 0 Å². The maximum Gasteiger partial charge on any atom is 0.244 e. The van der Waals surface area contributed by atoms with Crippen LogP contribution in [0.5, 0.6) is 0 Å². The van der Waals surface area contributed by atoms with Gasteiger partial charge in [-0.25, -0.2) is 0 Å². The van der Waals surface area contributed by atoms with Gasteiger partial charge in [0, 0.05) is 5.69 Å². The molecule has 1 aliphatic heterocycles. The number of benzene rings is 1. The quantitative estimate of drug-likeness (QED) is 0.868. The van der Waals surface area contributed by atoms with Gasteiger partial charge in [-0.15, -0.1) is 0 Å². The van der Waals surface area contributed by atoms with Crippen LogP contribution in [0.2, 0.25) is 0 Å².